The summed E-state index contributed by atoms with van der Waals surface area (Å²) in [6, 6.07) is 17.6. The highest BCUT2D eigenvalue weighted by molar-refractivity contribution is 5.91. The van der Waals surface area contributed by atoms with Gasteiger partial charge in [0.15, 0.2) is 0 Å². The summed E-state index contributed by atoms with van der Waals surface area (Å²) in [5, 5.41) is 18.1. The minimum Gasteiger partial charge on any atom is -0.508 e. The Balaban J connectivity index is 1.52. The number of carboxylic acids is 1. The molecule has 0 bridgehead atoms. The molecule has 168 valence electrons. The van der Waals surface area contributed by atoms with Crippen molar-refractivity contribution in [3.05, 3.63) is 95.6 Å². The summed E-state index contributed by atoms with van der Waals surface area (Å²) in [6.07, 6.45) is 2.98. The van der Waals surface area contributed by atoms with Gasteiger partial charge < -0.3 is 25.4 Å². The van der Waals surface area contributed by atoms with Crippen LogP contribution < -0.4 is 15.2 Å². The minimum absolute atomic E-state index is 0.0544. The number of hydrogen-bond acceptors (Lipinski definition) is 7. The fourth-order valence-electron chi connectivity index (χ4n) is 2.76. The summed E-state index contributed by atoms with van der Waals surface area (Å²) in [5.74, 6) is -1.53. The number of esters is 2. The Labute approximate surface area is 189 Å². The lowest BCUT2D eigenvalue weighted by Crippen LogP contribution is -2.32. The molecule has 0 heterocycles. The average molecular weight is 447 g/mol. The number of carbonyl (C=O) groups excluding carboxylic acids is 2. The Kier molecular flexibility index (Phi) is 7.56. The number of phenolic OH excluding ortho intramolecular Hbond substituents is 1. The van der Waals surface area contributed by atoms with E-state index >= 15 is 0 Å². The molecule has 0 amide bonds. The molecule has 0 aliphatic carbocycles. The molecule has 3 rings (SSSR count). The first kappa shape index (κ1) is 23.2. The molecule has 33 heavy (non-hydrogen) atoms. The van der Waals surface area contributed by atoms with E-state index in [0.717, 1.165) is 0 Å². The maximum absolute atomic E-state index is 12.1. The first-order valence-electron chi connectivity index (χ1n) is 9.88. The lowest BCUT2D eigenvalue weighted by molar-refractivity contribution is -0.138. The van der Waals surface area contributed by atoms with E-state index in [2.05, 4.69) is 0 Å². The molecule has 0 saturated carbocycles. The van der Waals surface area contributed by atoms with Crippen molar-refractivity contribution in [1.82, 2.24) is 0 Å². The Bertz CT molecular complexity index is 1150. The first-order valence-corrected chi connectivity index (χ1v) is 9.88. The van der Waals surface area contributed by atoms with Gasteiger partial charge >= 0.3 is 17.9 Å². The number of aromatic hydroxyl groups is 1. The van der Waals surface area contributed by atoms with Crippen molar-refractivity contribution in [2.24, 2.45) is 5.73 Å². The second-order valence-electron chi connectivity index (χ2n) is 7.05. The molecule has 0 radical (unpaired) electrons. The van der Waals surface area contributed by atoms with Crippen molar-refractivity contribution >= 4 is 24.0 Å². The number of carbonyl (C=O) groups is 3. The van der Waals surface area contributed by atoms with E-state index in [4.69, 9.17) is 20.3 Å². The molecule has 8 heteroatoms. The van der Waals surface area contributed by atoms with Crippen LogP contribution >= 0.6 is 0 Å². The van der Waals surface area contributed by atoms with Gasteiger partial charge in [-0.15, -0.1) is 0 Å². The van der Waals surface area contributed by atoms with Gasteiger partial charge in [0.25, 0.3) is 0 Å². The van der Waals surface area contributed by atoms with Crippen molar-refractivity contribution in [2.45, 2.75) is 12.5 Å². The quantitative estimate of drug-likeness (QED) is 0.272. The molecule has 0 saturated heterocycles. The van der Waals surface area contributed by atoms with Crippen molar-refractivity contribution < 1.29 is 34.1 Å². The van der Waals surface area contributed by atoms with Crippen molar-refractivity contribution in [3.63, 3.8) is 0 Å². The Morgan fingerprint density at radius 2 is 1.42 bits per heavy atom. The average Bonchev–Trinajstić information content (AvgIpc) is 2.80. The van der Waals surface area contributed by atoms with Gasteiger partial charge in [-0.05, 0) is 72.2 Å². The van der Waals surface area contributed by atoms with Crippen LogP contribution in [0.5, 0.6) is 17.2 Å². The van der Waals surface area contributed by atoms with Gasteiger partial charge in [-0.3, -0.25) is 4.79 Å². The van der Waals surface area contributed by atoms with Crippen LogP contribution in [0.15, 0.2) is 78.9 Å². The second-order valence-corrected chi connectivity index (χ2v) is 7.05. The number of benzene rings is 3. The molecule has 4 N–H and O–H groups in total. The molecule has 3 aromatic rings. The standard InChI is InChI=1S/C25H21NO7/c26-22(24(29)30)15-17-3-12-20(13-4-17)32-23(28)14-5-16-1-10-21(11-2-16)33-25(31)18-6-8-19(27)9-7-18/h1-14,22,27H,15,26H2,(H,29,30)/t22-/m0/s1. The highest BCUT2D eigenvalue weighted by Gasteiger charge is 2.12. The lowest BCUT2D eigenvalue weighted by atomic mass is 10.1. The number of rotatable bonds is 8. The number of phenols is 1. The van der Waals surface area contributed by atoms with Gasteiger partial charge in [-0.1, -0.05) is 24.3 Å². The van der Waals surface area contributed by atoms with Crippen LogP contribution in [-0.2, 0) is 16.0 Å². The van der Waals surface area contributed by atoms with Crippen LogP contribution in [0.25, 0.3) is 6.08 Å². The number of nitrogens with two attached hydrogens (primary N) is 1. The van der Waals surface area contributed by atoms with E-state index in [1.807, 2.05) is 0 Å². The fraction of sp³-hybridized carbons (Fsp3) is 0.0800. The summed E-state index contributed by atoms with van der Waals surface area (Å²) in [7, 11) is 0. The third-order valence-corrected chi connectivity index (χ3v) is 4.52. The minimum atomic E-state index is -1.08. The van der Waals surface area contributed by atoms with Gasteiger partial charge in [0.2, 0.25) is 0 Å². The molecule has 8 nitrogen and oxygen atoms in total. The predicted octanol–water partition coefficient (Wildman–Crippen LogP) is 3.18. The highest BCUT2D eigenvalue weighted by Crippen LogP contribution is 2.17. The number of carboxylic acid groups (broad SMARTS) is 1. The van der Waals surface area contributed by atoms with Crippen LogP contribution in [-0.4, -0.2) is 34.2 Å². The Morgan fingerprint density at radius 3 is 2.03 bits per heavy atom. The van der Waals surface area contributed by atoms with Crippen LogP contribution in [0, 0.1) is 0 Å². The van der Waals surface area contributed by atoms with Gasteiger partial charge in [0.1, 0.15) is 23.3 Å². The normalized spacial score (nSPS) is 11.7. The van der Waals surface area contributed by atoms with Crippen molar-refractivity contribution in [3.8, 4) is 17.2 Å². The molecule has 0 fully saturated rings. The van der Waals surface area contributed by atoms with Crippen molar-refractivity contribution in [2.75, 3.05) is 0 Å². The molecule has 1 atom stereocenters. The van der Waals surface area contributed by atoms with Gasteiger partial charge in [-0.25, -0.2) is 9.59 Å². The number of hydrogen-bond donors (Lipinski definition) is 3. The predicted molar refractivity (Wildman–Crippen MR) is 120 cm³/mol. The lowest BCUT2D eigenvalue weighted by Gasteiger charge is -2.07. The van der Waals surface area contributed by atoms with Crippen LogP contribution in [0.3, 0.4) is 0 Å². The van der Waals surface area contributed by atoms with Crippen molar-refractivity contribution in [1.29, 1.82) is 0 Å². The molecule has 0 aliphatic rings. The summed E-state index contributed by atoms with van der Waals surface area (Å²) in [5.41, 5.74) is 7.21. The molecule has 0 spiro atoms. The summed E-state index contributed by atoms with van der Waals surface area (Å²) >= 11 is 0. The Hall–Kier alpha value is -4.43. The molecule has 0 unspecified atom stereocenters. The first-order chi connectivity index (χ1) is 15.8. The molecule has 0 aromatic heterocycles. The Morgan fingerprint density at radius 1 is 0.848 bits per heavy atom. The number of aliphatic carboxylic acids is 1. The summed E-state index contributed by atoms with van der Waals surface area (Å²) in [6.45, 7) is 0. The number of ether oxygens (including phenoxy) is 2. The SMILES string of the molecule is N[C@@H](Cc1ccc(OC(=O)C=Cc2ccc(OC(=O)c3ccc(O)cc3)cc2)cc1)C(=O)O. The summed E-state index contributed by atoms with van der Waals surface area (Å²) in [4.78, 5) is 34.9. The third-order valence-electron chi connectivity index (χ3n) is 4.52. The highest BCUT2D eigenvalue weighted by atomic mass is 16.5. The molecule has 0 aliphatic heterocycles. The maximum Gasteiger partial charge on any atom is 0.343 e. The van der Waals surface area contributed by atoms with Crippen LogP contribution in [0.4, 0.5) is 0 Å². The van der Waals surface area contributed by atoms with E-state index in [1.165, 1.54) is 30.3 Å². The van der Waals surface area contributed by atoms with E-state index in [0.29, 0.717) is 28.2 Å². The van der Waals surface area contributed by atoms with E-state index in [-0.39, 0.29) is 12.2 Å². The largest absolute Gasteiger partial charge is 0.508 e. The smallest absolute Gasteiger partial charge is 0.343 e. The van der Waals surface area contributed by atoms with Gasteiger partial charge in [0, 0.05) is 6.08 Å². The van der Waals surface area contributed by atoms with Crippen LogP contribution in [0.2, 0.25) is 0 Å². The fourth-order valence-corrected chi connectivity index (χ4v) is 2.76. The van der Waals surface area contributed by atoms with Gasteiger partial charge in [-0.2, -0.15) is 0 Å². The zero-order chi connectivity index (χ0) is 23.8. The maximum atomic E-state index is 12.1. The molecular weight excluding hydrogens is 426 g/mol. The molecular formula is C25H21NO7. The van der Waals surface area contributed by atoms with E-state index in [9.17, 15) is 19.5 Å². The molecule has 3 aromatic carbocycles. The van der Waals surface area contributed by atoms with E-state index in [1.54, 1.807) is 54.6 Å². The zero-order valence-electron chi connectivity index (χ0n) is 17.4. The topological polar surface area (TPSA) is 136 Å². The third kappa shape index (κ3) is 7.05. The summed E-state index contributed by atoms with van der Waals surface area (Å²) < 4.78 is 10.5. The zero-order valence-corrected chi connectivity index (χ0v) is 17.4. The monoisotopic (exact) mass is 447 g/mol. The second kappa shape index (κ2) is 10.7. The van der Waals surface area contributed by atoms with Crippen LogP contribution in [0.1, 0.15) is 21.5 Å². The van der Waals surface area contributed by atoms with E-state index < -0.39 is 23.9 Å². The van der Waals surface area contributed by atoms with Gasteiger partial charge in [0.05, 0.1) is 5.56 Å².